The summed E-state index contributed by atoms with van der Waals surface area (Å²) < 4.78 is 5.39. The number of carboxylic acids is 1. The summed E-state index contributed by atoms with van der Waals surface area (Å²) in [5.41, 5.74) is 1.13. The third kappa shape index (κ3) is 3.87. The van der Waals surface area contributed by atoms with Crippen LogP contribution in [0.15, 0.2) is 29.6 Å². The van der Waals surface area contributed by atoms with E-state index in [2.05, 4.69) is 4.98 Å². The molecule has 2 aromatic rings. The average Bonchev–Trinajstić information content (AvgIpc) is 3.03. The van der Waals surface area contributed by atoms with Crippen LogP contribution >= 0.6 is 11.3 Å². The molecular formula is C16H18N2O4S. The van der Waals surface area contributed by atoms with Crippen LogP contribution in [-0.4, -0.2) is 46.6 Å². The van der Waals surface area contributed by atoms with Gasteiger partial charge in [0.15, 0.2) is 0 Å². The monoisotopic (exact) mass is 334 g/mol. The van der Waals surface area contributed by atoms with Crippen LogP contribution in [0.5, 0.6) is 5.75 Å². The zero-order valence-corrected chi connectivity index (χ0v) is 14.0. The lowest BCUT2D eigenvalue weighted by molar-refractivity contribution is -0.141. The van der Waals surface area contributed by atoms with E-state index < -0.39 is 17.9 Å². The minimum absolute atomic E-state index is 0.245. The summed E-state index contributed by atoms with van der Waals surface area (Å²) in [6.07, 6.45) is 0. The van der Waals surface area contributed by atoms with Crippen LogP contribution in [0.4, 0.5) is 0 Å². The Morgan fingerprint density at radius 1 is 1.35 bits per heavy atom. The Kier molecular flexibility index (Phi) is 5.33. The van der Waals surface area contributed by atoms with E-state index in [4.69, 9.17) is 9.84 Å². The van der Waals surface area contributed by atoms with E-state index in [0.717, 1.165) is 11.3 Å². The summed E-state index contributed by atoms with van der Waals surface area (Å²) >= 11 is 1.34. The molecule has 0 spiro atoms. The van der Waals surface area contributed by atoms with Gasteiger partial charge in [0.25, 0.3) is 5.91 Å². The lowest BCUT2D eigenvalue weighted by Crippen LogP contribution is -2.40. The number of carbonyl (C=O) groups is 2. The van der Waals surface area contributed by atoms with Gasteiger partial charge in [0, 0.05) is 18.0 Å². The first-order chi connectivity index (χ1) is 10.9. The van der Waals surface area contributed by atoms with Crippen molar-refractivity contribution in [2.24, 2.45) is 0 Å². The molecule has 122 valence electrons. The van der Waals surface area contributed by atoms with Crippen LogP contribution < -0.4 is 4.74 Å². The molecule has 0 aliphatic carbocycles. The average molecular weight is 334 g/mol. The van der Waals surface area contributed by atoms with Crippen molar-refractivity contribution in [1.29, 1.82) is 0 Å². The predicted octanol–water partition coefficient (Wildman–Crippen LogP) is 2.75. The van der Waals surface area contributed by atoms with E-state index >= 15 is 0 Å². The van der Waals surface area contributed by atoms with Crippen LogP contribution in [0.25, 0.3) is 10.6 Å². The molecule has 23 heavy (non-hydrogen) atoms. The smallest absolute Gasteiger partial charge is 0.326 e. The number of nitrogens with zero attached hydrogens (tertiary/aromatic N) is 2. The predicted molar refractivity (Wildman–Crippen MR) is 87.9 cm³/mol. The molecular weight excluding hydrogens is 316 g/mol. The van der Waals surface area contributed by atoms with Gasteiger partial charge in [-0.15, -0.1) is 11.3 Å². The van der Waals surface area contributed by atoms with E-state index in [9.17, 15) is 9.59 Å². The minimum Gasteiger partial charge on any atom is -0.494 e. The zero-order chi connectivity index (χ0) is 17.0. The fraction of sp³-hybridized carbons (Fsp3) is 0.312. The summed E-state index contributed by atoms with van der Waals surface area (Å²) in [5.74, 6) is -0.685. The van der Waals surface area contributed by atoms with Crippen molar-refractivity contribution in [1.82, 2.24) is 9.88 Å². The van der Waals surface area contributed by atoms with Gasteiger partial charge >= 0.3 is 5.97 Å². The maximum absolute atomic E-state index is 12.3. The molecule has 0 saturated carbocycles. The number of carbonyl (C=O) groups excluding carboxylic acids is 1. The molecule has 1 unspecified atom stereocenters. The van der Waals surface area contributed by atoms with Crippen LogP contribution in [-0.2, 0) is 4.79 Å². The first-order valence-electron chi connectivity index (χ1n) is 7.12. The highest BCUT2D eigenvalue weighted by molar-refractivity contribution is 7.13. The Labute approximate surface area is 138 Å². The normalized spacial score (nSPS) is 11.8. The topological polar surface area (TPSA) is 79.7 Å². The summed E-state index contributed by atoms with van der Waals surface area (Å²) in [5, 5.41) is 11.3. The van der Waals surface area contributed by atoms with Gasteiger partial charge in [-0.3, -0.25) is 4.79 Å². The van der Waals surface area contributed by atoms with Crippen molar-refractivity contribution in [2.75, 3.05) is 13.7 Å². The van der Waals surface area contributed by atoms with Crippen molar-refractivity contribution in [3.63, 3.8) is 0 Å². The molecule has 1 amide bonds. The number of ether oxygens (including phenoxy) is 1. The molecule has 0 fully saturated rings. The van der Waals surface area contributed by atoms with Gasteiger partial charge in [0.2, 0.25) is 0 Å². The molecule has 0 saturated heterocycles. The number of benzene rings is 1. The second-order valence-electron chi connectivity index (χ2n) is 4.93. The standard InChI is InChI=1S/C16H18N2O4S/c1-4-22-12-7-5-11(6-8-12)14-17-13(9-23-14)15(19)18(3)10(2)16(20)21/h5-10H,4H2,1-3H3,(H,20,21). The highest BCUT2D eigenvalue weighted by Gasteiger charge is 2.24. The molecule has 1 aromatic carbocycles. The molecule has 1 heterocycles. The number of aromatic nitrogens is 1. The molecule has 1 atom stereocenters. The van der Waals surface area contributed by atoms with Crippen molar-refractivity contribution < 1.29 is 19.4 Å². The van der Waals surface area contributed by atoms with Crippen LogP contribution in [0, 0.1) is 0 Å². The van der Waals surface area contributed by atoms with E-state index in [0.29, 0.717) is 11.6 Å². The lowest BCUT2D eigenvalue weighted by atomic mass is 10.2. The molecule has 6 nitrogen and oxygen atoms in total. The molecule has 7 heteroatoms. The van der Waals surface area contributed by atoms with Gasteiger partial charge < -0.3 is 14.7 Å². The third-order valence-electron chi connectivity index (χ3n) is 3.39. The number of hydrogen-bond donors (Lipinski definition) is 1. The van der Waals surface area contributed by atoms with Gasteiger partial charge in [-0.1, -0.05) is 0 Å². The van der Waals surface area contributed by atoms with E-state index in [-0.39, 0.29) is 5.69 Å². The maximum Gasteiger partial charge on any atom is 0.326 e. The molecule has 1 aromatic heterocycles. The third-order valence-corrected chi connectivity index (χ3v) is 4.29. The first kappa shape index (κ1) is 17.0. The number of likely N-dealkylation sites (N-methyl/N-ethyl adjacent to an activating group) is 1. The molecule has 0 bridgehead atoms. The molecule has 1 N–H and O–H groups in total. The number of carboxylic acid groups (broad SMARTS) is 1. The Morgan fingerprint density at radius 3 is 2.57 bits per heavy atom. The highest BCUT2D eigenvalue weighted by atomic mass is 32.1. The van der Waals surface area contributed by atoms with E-state index in [1.807, 2.05) is 31.2 Å². The maximum atomic E-state index is 12.3. The van der Waals surface area contributed by atoms with Gasteiger partial charge in [-0.2, -0.15) is 0 Å². The quantitative estimate of drug-likeness (QED) is 0.878. The number of thiazole rings is 1. The molecule has 0 radical (unpaired) electrons. The Balaban J connectivity index is 2.16. The number of hydrogen-bond acceptors (Lipinski definition) is 5. The lowest BCUT2D eigenvalue weighted by Gasteiger charge is -2.20. The number of amides is 1. The van der Waals surface area contributed by atoms with Crippen LogP contribution in [0.3, 0.4) is 0 Å². The second kappa shape index (κ2) is 7.23. The van der Waals surface area contributed by atoms with Crippen molar-refractivity contribution in [2.45, 2.75) is 19.9 Å². The van der Waals surface area contributed by atoms with Crippen molar-refractivity contribution in [3.05, 3.63) is 35.3 Å². The van der Waals surface area contributed by atoms with Gasteiger partial charge in [0.05, 0.1) is 6.61 Å². The fourth-order valence-corrected chi connectivity index (χ4v) is 2.69. The molecule has 2 rings (SSSR count). The zero-order valence-electron chi connectivity index (χ0n) is 13.1. The summed E-state index contributed by atoms with van der Waals surface area (Å²) in [6, 6.07) is 6.54. The summed E-state index contributed by atoms with van der Waals surface area (Å²) in [6.45, 7) is 3.98. The second-order valence-corrected chi connectivity index (χ2v) is 5.78. The van der Waals surface area contributed by atoms with Gasteiger partial charge in [-0.25, -0.2) is 9.78 Å². The minimum atomic E-state index is -1.05. The van der Waals surface area contributed by atoms with E-state index in [1.165, 1.54) is 30.2 Å². The van der Waals surface area contributed by atoms with Crippen molar-refractivity contribution in [3.8, 4) is 16.3 Å². The Bertz CT molecular complexity index is 696. The van der Waals surface area contributed by atoms with Crippen LogP contribution in [0.2, 0.25) is 0 Å². The largest absolute Gasteiger partial charge is 0.494 e. The Hall–Kier alpha value is -2.41. The SMILES string of the molecule is CCOc1ccc(-c2nc(C(=O)N(C)C(C)C(=O)O)cs2)cc1. The van der Waals surface area contributed by atoms with Gasteiger partial charge in [0.1, 0.15) is 22.5 Å². The fourth-order valence-electron chi connectivity index (χ4n) is 1.89. The van der Waals surface area contributed by atoms with Gasteiger partial charge in [-0.05, 0) is 38.1 Å². The van der Waals surface area contributed by atoms with Crippen molar-refractivity contribution >= 4 is 23.2 Å². The van der Waals surface area contributed by atoms with Crippen LogP contribution in [0.1, 0.15) is 24.3 Å². The summed E-state index contributed by atoms with van der Waals surface area (Å²) in [7, 11) is 1.46. The molecule has 0 aliphatic heterocycles. The first-order valence-corrected chi connectivity index (χ1v) is 8.00. The highest BCUT2D eigenvalue weighted by Crippen LogP contribution is 2.26. The molecule has 0 aliphatic rings. The van der Waals surface area contributed by atoms with E-state index in [1.54, 1.807) is 5.38 Å². The number of aliphatic carboxylic acids is 1. The Morgan fingerprint density at radius 2 is 2.00 bits per heavy atom. The summed E-state index contributed by atoms with van der Waals surface area (Å²) in [4.78, 5) is 28.7. The number of rotatable bonds is 6.